The van der Waals surface area contributed by atoms with Crippen LogP contribution in [-0.4, -0.2) is 19.5 Å². The Labute approximate surface area is 179 Å². The number of anilines is 2. The molecule has 0 spiro atoms. The van der Waals surface area contributed by atoms with Gasteiger partial charge in [0.2, 0.25) is 11.8 Å². The maximum Gasteiger partial charge on any atom is 0.264 e. The van der Waals surface area contributed by atoms with Gasteiger partial charge in [-0.3, -0.25) is 4.79 Å². The highest BCUT2D eigenvalue weighted by molar-refractivity contribution is 7.92. The van der Waals surface area contributed by atoms with Crippen molar-refractivity contribution in [2.24, 2.45) is 0 Å². The molecule has 0 saturated heterocycles. The van der Waals surface area contributed by atoms with Gasteiger partial charge in [0.05, 0.1) is 23.3 Å². The third-order valence-electron chi connectivity index (χ3n) is 4.99. The Hall–Kier alpha value is -3.59. The summed E-state index contributed by atoms with van der Waals surface area (Å²) in [4.78, 5) is 12.5. The van der Waals surface area contributed by atoms with Crippen LogP contribution in [0.25, 0.3) is 11.0 Å². The molecule has 0 radical (unpaired) electrons. The largest absolute Gasteiger partial charge is 0.464 e. The fraction of sp³-hybridized carbons (Fsp3) is 0.182. The second-order valence-corrected chi connectivity index (χ2v) is 9.02. The molecule has 2 aromatic carbocycles. The second-order valence-electron chi connectivity index (χ2n) is 7.34. The van der Waals surface area contributed by atoms with Crippen LogP contribution in [0, 0.1) is 20.8 Å². The maximum atomic E-state index is 12.6. The smallest absolute Gasteiger partial charge is 0.264 e. The van der Waals surface area contributed by atoms with Crippen LogP contribution in [0.4, 0.5) is 11.6 Å². The lowest BCUT2D eigenvalue weighted by molar-refractivity contribution is -0.115. The number of aryl methyl sites for hydroxylation is 2. The summed E-state index contributed by atoms with van der Waals surface area (Å²) in [5.41, 5.74) is 4.31. The molecule has 2 aromatic heterocycles. The topological polar surface area (TPSA) is 114 Å². The van der Waals surface area contributed by atoms with Gasteiger partial charge in [0.15, 0.2) is 0 Å². The van der Waals surface area contributed by atoms with E-state index in [1.54, 1.807) is 20.1 Å². The number of hydrogen-bond acceptors (Lipinski definition) is 6. The Morgan fingerprint density at radius 3 is 2.48 bits per heavy atom. The zero-order valence-electron chi connectivity index (χ0n) is 17.2. The number of nitrogens with one attached hydrogen (secondary N) is 2. The molecule has 0 aliphatic heterocycles. The number of nitrogens with zero attached hydrogens (tertiary/aromatic N) is 1. The van der Waals surface area contributed by atoms with Crippen molar-refractivity contribution in [2.45, 2.75) is 32.1 Å². The molecule has 0 unspecified atom stereocenters. The third-order valence-corrected chi connectivity index (χ3v) is 6.34. The van der Waals surface area contributed by atoms with Crippen LogP contribution in [-0.2, 0) is 21.2 Å². The van der Waals surface area contributed by atoms with Crippen molar-refractivity contribution in [3.8, 4) is 0 Å². The minimum atomic E-state index is -3.85. The average molecular weight is 439 g/mol. The van der Waals surface area contributed by atoms with E-state index in [-0.39, 0.29) is 23.1 Å². The van der Waals surface area contributed by atoms with Crippen molar-refractivity contribution in [3.63, 3.8) is 0 Å². The molecule has 2 heterocycles. The van der Waals surface area contributed by atoms with Crippen LogP contribution >= 0.6 is 0 Å². The number of hydrogen-bond donors (Lipinski definition) is 2. The van der Waals surface area contributed by atoms with E-state index < -0.39 is 10.0 Å². The highest BCUT2D eigenvalue weighted by Crippen LogP contribution is 2.24. The third kappa shape index (κ3) is 4.31. The van der Waals surface area contributed by atoms with E-state index in [4.69, 9.17) is 8.94 Å². The van der Waals surface area contributed by atoms with Crippen molar-refractivity contribution in [3.05, 3.63) is 71.1 Å². The first-order valence-electron chi connectivity index (χ1n) is 9.55. The lowest BCUT2D eigenvalue weighted by atomic mass is 10.1. The Balaban J connectivity index is 1.44. The van der Waals surface area contributed by atoms with Crippen LogP contribution in [0.1, 0.15) is 22.4 Å². The van der Waals surface area contributed by atoms with Gasteiger partial charge in [-0.25, -0.2) is 13.1 Å². The summed E-state index contributed by atoms with van der Waals surface area (Å²) in [5, 5.41) is 7.42. The quantitative estimate of drug-likeness (QED) is 0.462. The zero-order valence-corrected chi connectivity index (χ0v) is 18.0. The van der Waals surface area contributed by atoms with Crippen LogP contribution in [0.2, 0.25) is 0 Å². The van der Waals surface area contributed by atoms with Gasteiger partial charge >= 0.3 is 0 Å². The van der Waals surface area contributed by atoms with Crippen molar-refractivity contribution in [1.29, 1.82) is 0 Å². The molecule has 0 aliphatic carbocycles. The molecule has 160 valence electrons. The summed E-state index contributed by atoms with van der Waals surface area (Å²) in [6.07, 6.45) is 1.72. The van der Waals surface area contributed by atoms with Gasteiger partial charge < -0.3 is 14.3 Å². The number of furan rings is 1. The fourth-order valence-corrected chi connectivity index (χ4v) is 4.17. The fourth-order valence-electron chi connectivity index (χ4n) is 3.12. The number of carbonyl (C=O) groups is 1. The number of amides is 1. The standard InChI is InChI=1S/C22H21N3O5S/c1-13-4-9-20-19(10-13)16(12-29-20)11-21(26)23-17-5-7-18(8-6-17)31(27,28)25-22-14(2)15(3)24-30-22/h4-10,12,25H,11H2,1-3H3,(H,23,26). The second kappa shape index (κ2) is 7.92. The van der Waals surface area contributed by atoms with Crippen molar-refractivity contribution in [1.82, 2.24) is 5.16 Å². The van der Waals surface area contributed by atoms with E-state index in [0.29, 0.717) is 16.9 Å². The molecular weight excluding hydrogens is 418 g/mol. The highest BCUT2D eigenvalue weighted by Gasteiger charge is 2.19. The predicted molar refractivity (Wildman–Crippen MR) is 117 cm³/mol. The molecule has 0 atom stereocenters. The van der Waals surface area contributed by atoms with E-state index in [0.717, 1.165) is 22.1 Å². The summed E-state index contributed by atoms with van der Waals surface area (Å²) in [7, 11) is -3.85. The predicted octanol–water partition coefficient (Wildman–Crippen LogP) is 4.33. The molecule has 0 fully saturated rings. The number of sulfonamides is 1. The number of carbonyl (C=O) groups excluding carboxylic acids is 1. The Bertz CT molecular complexity index is 1370. The number of aromatic nitrogens is 1. The normalized spacial score (nSPS) is 11.6. The van der Waals surface area contributed by atoms with Crippen LogP contribution in [0.3, 0.4) is 0 Å². The number of fused-ring (bicyclic) bond motifs is 1. The average Bonchev–Trinajstić information content (AvgIpc) is 3.26. The molecule has 2 N–H and O–H groups in total. The maximum absolute atomic E-state index is 12.6. The molecule has 0 aliphatic rings. The molecular formula is C22H21N3O5S. The van der Waals surface area contributed by atoms with E-state index in [1.165, 1.54) is 24.3 Å². The molecule has 31 heavy (non-hydrogen) atoms. The van der Waals surface area contributed by atoms with Crippen molar-refractivity contribution < 1.29 is 22.2 Å². The molecule has 0 saturated carbocycles. The van der Waals surface area contributed by atoms with E-state index in [1.807, 2.05) is 25.1 Å². The summed E-state index contributed by atoms with van der Waals surface area (Å²) in [6, 6.07) is 11.7. The highest BCUT2D eigenvalue weighted by atomic mass is 32.2. The molecule has 0 bridgehead atoms. The Kier molecular flexibility index (Phi) is 5.28. The molecule has 4 rings (SSSR count). The molecule has 8 nitrogen and oxygen atoms in total. The first kappa shape index (κ1) is 20.7. The van der Waals surface area contributed by atoms with Gasteiger partial charge in [-0.15, -0.1) is 0 Å². The monoisotopic (exact) mass is 439 g/mol. The van der Waals surface area contributed by atoms with Gasteiger partial charge in [0.25, 0.3) is 10.0 Å². The lowest BCUT2D eigenvalue weighted by Gasteiger charge is -2.08. The van der Waals surface area contributed by atoms with Crippen molar-refractivity contribution >= 4 is 38.5 Å². The summed E-state index contributed by atoms with van der Waals surface area (Å²) in [6.45, 7) is 5.42. The Morgan fingerprint density at radius 2 is 1.81 bits per heavy atom. The summed E-state index contributed by atoms with van der Waals surface area (Å²) in [5.74, 6) is -0.150. The Morgan fingerprint density at radius 1 is 1.06 bits per heavy atom. The summed E-state index contributed by atoms with van der Waals surface area (Å²) < 4.78 is 38.0. The van der Waals surface area contributed by atoms with E-state index in [9.17, 15) is 13.2 Å². The number of benzene rings is 2. The van der Waals surface area contributed by atoms with E-state index >= 15 is 0 Å². The van der Waals surface area contributed by atoms with Crippen molar-refractivity contribution in [2.75, 3.05) is 10.0 Å². The van der Waals surface area contributed by atoms with Gasteiger partial charge in [0.1, 0.15) is 5.58 Å². The van der Waals surface area contributed by atoms with Crippen LogP contribution in [0.5, 0.6) is 0 Å². The number of rotatable bonds is 6. The van der Waals surface area contributed by atoms with E-state index in [2.05, 4.69) is 15.2 Å². The lowest BCUT2D eigenvalue weighted by Crippen LogP contribution is -2.15. The first-order chi connectivity index (χ1) is 14.7. The van der Waals surface area contributed by atoms with Crippen LogP contribution in [0.15, 0.2) is 62.6 Å². The minimum absolute atomic E-state index is 0.0373. The van der Waals surface area contributed by atoms with Gasteiger partial charge in [0, 0.05) is 22.2 Å². The molecule has 1 amide bonds. The molecule has 4 aromatic rings. The van der Waals surface area contributed by atoms with Gasteiger partial charge in [-0.05, 0) is 57.2 Å². The van der Waals surface area contributed by atoms with Crippen LogP contribution < -0.4 is 10.0 Å². The minimum Gasteiger partial charge on any atom is -0.464 e. The SMILES string of the molecule is Cc1ccc2occ(CC(=O)Nc3ccc(S(=O)(=O)Nc4onc(C)c4C)cc3)c2c1. The first-order valence-corrected chi connectivity index (χ1v) is 11.0. The van der Waals surface area contributed by atoms with Gasteiger partial charge in [-0.2, -0.15) is 0 Å². The van der Waals surface area contributed by atoms with Gasteiger partial charge in [-0.1, -0.05) is 16.8 Å². The molecule has 9 heteroatoms. The zero-order chi connectivity index (χ0) is 22.2. The summed E-state index contributed by atoms with van der Waals surface area (Å²) >= 11 is 0.